The van der Waals surface area contributed by atoms with Crippen LogP contribution in [0.5, 0.6) is 11.5 Å². The molecule has 0 bridgehead atoms. The molecule has 0 amide bonds. The maximum atomic E-state index is 13.4. The molecule has 0 saturated heterocycles. The third kappa shape index (κ3) is 5.24. The Morgan fingerprint density at radius 3 is 2.20 bits per heavy atom. The van der Waals surface area contributed by atoms with Gasteiger partial charge in [-0.3, -0.25) is 19.7 Å². The minimum atomic E-state index is -0.676. The van der Waals surface area contributed by atoms with Gasteiger partial charge >= 0.3 is 11.9 Å². The number of halogens is 1. The Morgan fingerprint density at radius 1 is 1.00 bits per heavy atom. The third-order valence-corrected chi connectivity index (χ3v) is 5.16. The van der Waals surface area contributed by atoms with E-state index in [1.165, 1.54) is 69.5 Å². The van der Waals surface area contributed by atoms with E-state index in [0.717, 1.165) is 0 Å². The van der Waals surface area contributed by atoms with E-state index >= 15 is 0 Å². The second kappa shape index (κ2) is 10.7. The van der Waals surface area contributed by atoms with E-state index in [9.17, 15) is 18.8 Å². The smallest absolute Gasteiger partial charge is 0.340 e. The van der Waals surface area contributed by atoms with Crippen LogP contribution < -0.4 is 15.0 Å². The molecule has 0 fully saturated rings. The van der Waals surface area contributed by atoms with Gasteiger partial charge in [0.1, 0.15) is 5.82 Å². The lowest BCUT2D eigenvalue weighted by molar-refractivity contribution is -0.139. The van der Waals surface area contributed by atoms with Crippen molar-refractivity contribution in [2.75, 3.05) is 28.4 Å². The monoisotopic (exact) mass is 485 g/mol. The fraction of sp³-hybridized carbons (Fsp3) is 0.250. The molecule has 35 heavy (non-hydrogen) atoms. The highest BCUT2D eigenvalue weighted by molar-refractivity contribution is 6.04. The first-order chi connectivity index (χ1) is 16.7. The molecule has 1 N–H and O–H groups in total. The standard InChI is InChI=1S/C24H24FN3O7/c1-13(26-17-11-20(33-3)19(32-2)10-16(17)24(31)35-5)22-18(12-21(29)34-4)27-28(23(22)30)15-8-6-14(25)7-9-15/h6-11,27H,12H2,1-5H3. The zero-order valence-corrected chi connectivity index (χ0v) is 19.8. The van der Waals surface area contributed by atoms with Crippen LogP contribution in [0, 0.1) is 5.82 Å². The summed E-state index contributed by atoms with van der Waals surface area (Å²) >= 11 is 0. The summed E-state index contributed by atoms with van der Waals surface area (Å²) in [6, 6.07) is 8.12. The molecule has 0 atom stereocenters. The highest BCUT2D eigenvalue weighted by atomic mass is 19.1. The molecular weight excluding hydrogens is 461 g/mol. The number of nitrogens with zero attached hydrogens (tertiary/aromatic N) is 2. The first-order valence-corrected chi connectivity index (χ1v) is 10.3. The molecule has 0 aliphatic rings. The van der Waals surface area contributed by atoms with Crippen LogP contribution in [-0.4, -0.2) is 55.9 Å². The van der Waals surface area contributed by atoms with Crippen molar-refractivity contribution >= 4 is 23.3 Å². The van der Waals surface area contributed by atoms with Gasteiger partial charge < -0.3 is 18.9 Å². The molecule has 184 valence electrons. The van der Waals surface area contributed by atoms with Crippen molar-refractivity contribution in [1.82, 2.24) is 9.78 Å². The predicted octanol–water partition coefficient (Wildman–Crippen LogP) is 2.96. The molecule has 0 aliphatic carbocycles. The number of aliphatic imine (C=N–C) groups is 1. The maximum absolute atomic E-state index is 13.4. The average Bonchev–Trinajstić information content (AvgIpc) is 3.18. The number of carbonyl (C=O) groups excluding carboxylic acids is 2. The number of rotatable bonds is 8. The van der Waals surface area contributed by atoms with Crippen molar-refractivity contribution < 1.29 is 32.9 Å². The van der Waals surface area contributed by atoms with Crippen LogP contribution >= 0.6 is 0 Å². The number of esters is 2. The number of carbonyl (C=O) groups is 2. The molecule has 0 aliphatic heterocycles. The zero-order chi connectivity index (χ0) is 25.7. The molecule has 3 aromatic rings. The molecule has 3 rings (SSSR count). The van der Waals surface area contributed by atoms with E-state index in [-0.39, 0.29) is 40.4 Å². The van der Waals surface area contributed by atoms with Gasteiger partial charge in [-0.2, -0.15) is 0 Å². The number of ether oxygens (including phenoxy) is 4. The van der Waals surface area contributed by atoms with Crippen molar-refractivity contribution in [2.24, 2.45) is 4.99 Å². The molecule has 1 heterocycles. The summed E-state index contributed by atoms with van der Waals surface area (Å²) in [6.07, 6.45) is -0.252. The fourth-order valence-electron chi connectivity index (χ4n) is 3.44. The second-order valence-corrected chi connectivity index (χ2v) is 7.25. The van der Waals surface area contributed by atoms with Gasteiger partial charge in [-0.05, 0) is 31.2 Å². The van der Waals surface area contributed by atoms with Crippen molar-refractivity contribution in [3.63, 3.8) is 0 Å². The Bertz CT molecular complexity index is 1340. The Morgan fingerprint density at radius 2 is 1.63 bits per heavy atom. The molecule has 0 saturated carbocycles. The van der Waals surface area contributed by atoms with Gasteiger partial charge in [0, 0.05) is 12.1 Å². The van der Waals surface area contributed by atoms with Crippen LogP contribution in [-0.2, 0) is 20.7 Å². The molecule has 0 radical (unpaired) electrons. The molecule has 10 nitrogen and oxygen atoms in total. The summed E-state index contributed by atoms with van der Waals surface area (Å²) in [6.45, 7) is 1.55. The lowest BCUT2D eigenvalue weighted by Crippen LogP contribution is -2.20. The summed E-state index contributed by atoms with van der Waals surface area (Å²) in [7, 11) is 5.30. The van der Waals surface area contributed by atoms with Crippen LogP contribution in [0.25, 0.3) is 5.69 Å². The zero-order valence-electron chi connectivity index (χ0n) is 19.8. The van der Waals surface area contributed by atoms with Crippen molar-refractivity contribution in [3.05, 3.63) is 69.4 Å². The lowest BCUT2D eigenvalue weighted by atomic mass is 10.1. The molecule has 0 unspecified atom stereocenters. The van der Waals surface area contributed by atoms with Crippen LogP contribution in [0.15, 0.2) is 46.2 Å². The number of hydrogen-bond acceptors (Lipinski definition) is 8. The van der Waals surface area contributed by atoms with Gasteiger partial charge in [0.05, 0.1) is 68.8 Å². The number of aromatic nitrogens is 2. The molecule has 0 spiro atoms. The third-order valence-electron chi connectivity index (χ3n) is 5.16. The average molecular weight is 485 g/mol. The summed E-state index contributed by atoms with van der Waals surface area (Å²) in [5, 5.41) is 2.87. The number of aromatic amines is 1. The fourth-order valence-corrected chi connectivity index (χ4v) is 3.44. The topological polar surface area (TPSA) is 121 Å². The van der Waals surface area contributed by atoms with Crippen LogP contribution in [0.2, 0.25) is 0 Å². The summed E-state index contributed by atoms with van der Waals surface area (Å²) in [4.78, 5) is 42.3. The number of methoxy groups -OCH3 is 4. The molecule has 1 aromatic heterocycles. The normalized spacial score (nSPS) is 11.2. The van der Waals surface area contributed by atoms with Gasteiger partial charge in [0.25, 0.3) is 5.56 Å². The van der Waals surface area contributed by atoms with Gasteiger partial charge in [-0.15, -0.1) is 0 Å². The van der Waals surface area contributed by atoms with E-state index in [4.69, 9.17) is 18.9 Å². The summed E-state index contributed by atoms with van der Waals surface area (Å²) < 4.78 is 34.7. The highest BCUT2D eigenvalue weighted by Gasteiger charge is 2.22. The Kier molecular flexibility index (Phi) is 7.69. The molecule has 11 heteroatoms. The van der Waals surface area contributed by atoms with Crippen molar-refractivity contribution in [2.45, 2.75) is 13.3 Å². The van der Waals surface area contributed by atoms with E-state index in [0.29, 0.717) is 11.4 Å². The summed E-state index contributed by atoms with van der Waals surface area (Å²) in [5.74, 6) is -1.14. The van der Waals surface area contributed by atoms with Crippen molar-refractivity contribution in [3.8, 4) is 17.2 Å². The maximum Gasteiger partial charge on any atom is 0.340 e. The van der Waals surface area contributed by atoms with Gasteiger partial charge in [0.2, 0.25) is 0 Å². The summed E-state index contributed by atoms with van der Waals surface area (Å²) in [5.41, 5.74) is 0.569. The minimum absolute atomic E-state index is 0.0772. The van der Waals surface area contributed by atoms with E-state index in [1.54, 1.807) is 6.92 Å². The van der Waals surface area contributed by atoms with E-state index < -0.39 is 23.3 Å². The number of hydrogen-bond donors (Lipinski definition) is 1. The van der Waals surface area contributed by atoms with E-state index in [2.05, 4.69) is 10.1 Å². The van der Waals surface area contributed by atoms with Gasteiger partial charge in [-0.25, -0.2) is 13.9 Å². The Labute approximate surface area is 199 Å². The van der Waals surface area contributed by atoms with Crippen LogP contribution in [0.3, 0.4) is 0 Å². The SMILES string of the molecule is COC(=O)Cc1[nH]n(-c2ccc(F)cc2)c(=O)c1C(C)=Nc1cc(OC)c(OC)cc1C(=O)OC. The largest absolute Gasteiger partial charge is 0.493 e. The Balaban J connectivity index is 2.23. The first kappa shape index (κ1) is 25.2. The number of nitrogens with one attached hydrogen (secondary N) is 1. The highest BCUT2D eigenvalue weighted by Crippen LogP contribution is 2.35. The van der Waals surface area contributed by atoms with Crippen LogP contribution in [0.4, 0.5) is 10.1 Å². The first-order valence-electron chi connectivity index (χ1n) is 10.3. The van der Waals surface area contributed by atoms with Gasteiger partial charge in [-0.1, -0.05) is 0 Å². The van der Waals surface area contributed by atoms with Crippen molar-refractivity contribution in [1.29, 1.82) is 0 Å². The number of benzene rings is 2. The van der Waals surface area contributed by atoms with Crippen LogP contribution in [0.1, 0.15) is 28.5 Å². The lowest BCUT2D eigenvalue weighted by Gasteiger charge is -2.12. The molecular formula is C24H24FN3O7. The van der Waals surface area contributed by atoms with E-state index in [1.807, 2.05) is 0 Å². The second-order valence-electron chi connectivity index (χ2n) is 7.25. The Hall–Kier alpha value is -4.41. The van der Waals surface area contributed by atoms with Gasteiger partial charge in [0.15, 0.2) is 11.5 Å². The number of H-pyrrole nitrogens is 1. The minimum Gasteiger partial charge on any atom is -0.493 e. The molecule has 2 aromatic carbocycles. The predicted molar refractivity (Wildman–Crippen MR) is 125 cm³/mol. The quantitative estimate of drug-likeness (QED) is 0.385.